The molecule has 0 aromatic heterocycles. The standard InChI is InChI=1S/C22H12ClFO4/c23-17-7-4-8-18(24)16(17)12-20-21(25)15-10-9-14(11-19(15)28-20)27-22(26)13-5-2-1-3-6-13/h1-12H/b20-12+. The van der Waals surface area contributed by atoms with Crippen LogP contribution in [0, 0.1) is 5.82 Å². The summed E-state index contributed by atoms with van der Waals surface area (Å²) in [7, 11) is 0. The summed E-state index contributed by atoms with van der Waals surface area (Å²) in [5, 5.41) is 0.164. The average Bonchev–Trinajstić information content (AvgIpc) is 3.00. The first-order chi connectivity index (χ1) is 13.5. The van der Waals surface area contributed by atoms with Gasteiger partial charge in [0.1, 0.15) is 17.3 Å². The van der Waals surface area contributed by atoms with Gasteiger partial charge in [-0.05, 0) is 42.5 Å². The molecule has 4 nitrogen and oxygen atoms in total. The number of carbonyl (C=O) groups is 2. The lowest BCUT2D eigenvalue weighted by Crippen LogP contribution is -2.08. The molecular formula is C22H12ClFO4. The van der Waals surface area contributed by atoms with Gasteiger partial charge in [0.05, 0.1) is 16.1 Å². The third kappa shape index (κ3) is 3.40. The molecule has 28 heavy (non-hydrogen) atoms. The van der Waals surface area contributed by atoms with Crippen LogP contribution in [0.5, 0.6) is 11.5 Å². The van der Waals surface area contributed by atoms with Crippen LogP contribution in [0.2, 0.25) is 5.02 Å². The van der Waals surface area contributed by atoms with E-state index in [0.717, 1.165) is 0 Å². The van der Waals surface area contributed by atoms with Crippen molar-refractivity contribution in [2.75, 3.05) is 0 Å². The van der Waals surface area contributed by atoms with Gasteiger partial charge in [0.25, 0.3) is 0 Å². The summed E-state index contributed by atoms with van der Waals surface area (Å²) >= 11 is 6.00. The number of hydrogen-bond acceptors (Lipinski definition) is 4. The Balaban J connectivity index is 1.60. The van der Waals surface area contributed by atoms with Gasteiger partial charge >= 0.3 is 5.97 Å². The molecule has 1 aliphatic heterocycles. The Labute approximate surface area is 164 Å². The number of halogens is 2. The average molecular weight is 395 g/mol. The molecule has 0 fully saturated rings. The van der Waals surface area contributed by atoms with Crippen molar-refractivity contribution in [1.29, 1.82) is 0 Å². The van der Waals surface area contributed by atoms with Gasteiger partial charge < -0.3 is 9.47 Å². The molecule has 0 N–H and O–H groups in total. The second kappa shape index (κ2) is 7.29. The van der Waals surface area contributed by atoms with Gasteiger partial charge in [0, 0.05) is 11.6 Å². The van der Waals surface area contributed by atoms with Gasteiger partial charge in [-0.3, -0.25) is 4.79 Å². The first-order valence-corrected chi connectivity index (χ1v) is 8.70. The molecule has 0 unspecified atom stereocenters. The number of carbonyl (C=O) groups excluding carboxylic acids is 2. The lowest BCUT2D eigenvalue weighted by molar-refractivity contribution is 0.0734. The van der Waals surface area contributed by atoms with E-state index in [1.807, 2.05) is 0 Å². The van der Waals surface area contributed by atoms with Gasteiger partial charge in [0.15, 0.2) is 5.76 Å². The maximum absolute atomic E-state index is 14.0. The van der Waals surface area contributed by atoms with Crippen LogP contribution < -0.4 is 9.47 Å². The molecule has 3 aromatic rings. The zero-order chi connectivity index (χ0) is 19.7. The molecule has 0 bridgehead atoms. The molecule has 4 rings (SSSR count). The summed E-state index contributed by atoms with van der Waals surface area (Å²) in [5.41, 5.74) is 0.754. The maximum atomic E-state index is 14.0. The first kappa shape index (κ1) is 17.9. The minimum atomic E-state index is -0.565. The molecule has 0 aliphatic carbocycles. The molecule has 3 aromatic carbocycles. The maximum Gasteiger partial charge on any atom is 0.343 e. The Morgan fingerprint density at radius 3 is 2.57 bits per heavy atom. The summed E-state index contributed by atoms with van der Waals surface area (Å²) in [6, 6.07) is 17.2. The highest BCUT2D eigenvalue weighted by Gasteiger charge is 2.28. The van der Waals surface area contributed by atoms with E-state index < -0.39 is 17.6 Å². The summed E-state index contributed by atoms with van der Waals surface area (Å²) in [5.74, 6) is -1.11. The predicted octanol–water partition coefficient (Wildman–Crippen LogP) is 5.31. The molecule has 138 valence electrons. The molecule has 1 aliphatic rings. The van der Waals surface area contributed by atoms with E-state index in [2.05, 4.69) is 0 Å². The third-order valence-electron chi connectivity index (χ3n) is 4.14. The van der Waals surface area contributed by atoms with Crippen LogP contribution in [-0.2, 0) is 0 Å². The lowest BCUT2D eigenvalue weighted by atomic mass is 10.1. The number of ketones is 1. The van der Waals surface area contributed by atoms with Crippen LogP contribution in [0.1, 0.15) is 26.3 Å². The molecule has 0 radical (unpaired) electrons. The van der Waals surface area contributed by atoms with E-state index >= 15 is 0 Å². The van der Waals surface area contributed by atoms with Crippen molar-refractivity contribution < 1.29 is 23.5 Å². The van der Waals surface area contributed by atoms with Crippen LogP contribution in [0.3, 0.4) is 0 Å². The van der Waals surface area contributed by atoms with Crippen molar-refractivity contribution in [1.82, 2.24) is 0 Å². The van der Waals surface area contributed by atoms with Crippen molar-refractivity contribution in [3.8, 4) is 11.5 Å². The number of esters is 1. The van der Waals surface area contributed by atoms with E-state index in [1.165, 1.54) is 42.5 Å². The van der Waals surface area contributed by atoms with Gasteiger partial charge in [0.2, 0.25) is 5.78 Å². The fraction of sp³-hybridized carbons (Fsp3) is 0. The van der Waals surface area contributed by atoms with Crippen LogP contribution in [-0.4, -0.2) is 11.8 Å². The third-order valence-corrected chi connectivity index (χ3v) is 4.47. The molecule has 1 heterocycles. The molecule has 0 atom stereocenters. The minimum absolute atomic E-state index is 0.0615. The highest BCUT2D eigenvalue weighted by molar-refractivity contribution is 6.32. The smallest absolute Gasteiger partial charge is 0.343 e. The zero-order valence-corrected chi connectivity index (χ0v) is 15.1. The Bertz CT molecular complexity index is 1100. The Kier molecular flexibility index (Phi) is 4.67. The minimum Gasteiger partial charge on any atom is -0.452 e. The summed E-state index contributed by atoms with van der Waals surface area (Å²) < 4.78 is 24.9. The Morgan fingerprint density at radius 2 is 1.82 bits per heavy atom. The zero-order valence-electron chi connectivity index (χ0n) is 14.3. The van der Waals surface area contributed by atoms with E-state index in [4.69, 9.17) is 21.1 Å². The van der Waals surface area contributed by atoms with Crippen molar-refractivity contribution in [3.05, 3.63) is 100 Å². The number of hydrogen-bond donors (Lipinski definition) is 0. The Hall–Kier alpha value is -3.44. The van der Waals surface area contributed by atoms with E-state index in [0.29, 0.717) is 11.1 Å². The summed E-state index contributed by atoms with van der Waals surface area (Å²) in [4.78, 5) is 24.7. The highest BCUT2D eigenvalue weighted by atomic mass is 35.5. The van der Waals surface area contributed by atoms with Crippen molar-refractivity contribution >= 4 is 29.4 Å². The second-order valence-electron chi connectivity index (χ2n) is 5.99. The topological polar surface area (TPSA) is 52.6 Å². The highest BCUT2D eigenvalue weighted by Crippen LogP contribution is 2.36. The van der Waals surface area contributed by atoms with E-state index in [9.17, 15) is 14.0 Å². The largest absolute Gasteiger partial charge is 0.452 e. The number of Topliss-reactive ketones (excluding diaryl/α,β-unsaturated/α-hetero) is 1. The van der Waals surface area contributed by atoms with E-state index in [1.54, 1.807) is 30.3 Å². The van der Waals surface area contributed by atoms with Gasteiger partial charge in [-0.2, -0.15) is 0 Å². The van der Waals surface area contributed by atoms with Gasteiger partial charge in [-0.25, -0.2) is 9.18 Å². The molecule has 6 heteroatoms. The van der Waals surface area contributed by atoms with Crippen molar-refractivity contribution in [3.63, 3.8) is 0 Å². The molecule has 0 saturated carbocycles. The quantitative estimate of drug-likeness (QED) is 0.343. The van der Waals surface area contributed by atoms with Crippen LogP contribution >= 0.6 is 11.6 Å². The monoisotopic (exact) mass is 394 g/mol. The van der Waals surface area contributed by atoms with E-state index in [-0.39, 0.29) is 27.8 Å². The molecule has 0 saturated heterocycles. The van der Waals surface area contributed by atoms with Crippen LogP contribution in [0.25, 0.3) is 6.08 Å². The SMILES string of the molecule is O=C(Oc1ccc2c(c1)O/C(=C/c1c(F)cccc1Cl)C2=O)c1ccccc1. The molecule has 0 amide bonds. The number of rotatable bonds is 3. The molecular weight excluding hydrogens is 383 g/mol. The van der Waals surface area contributed by atoms with Gasteiger partial charge in [-0.1, -0.05) is 35.9 Å². The van der Waals surface area contributed by atoms with Crippen molar-refractivity contribution in [2.45, 2.75) is 0 Å². The molecule has 0 spiro atoms. The van der Waals surface area contributed by atoms with Gasteiger partial charge in [-0.15, -0.1) is 0 Å². The number of benzene rings is 3. The summed E-state index contributed by atoms with van der Waals surface area (Å²) in [6.45, 7) is 0. The summed E-state index contributed by atoms with van der Waals surface area (Å²) in [6.07, 6.45) is 1.26. The van der Waals surface area contributed by atoms with Crippen molar-refractivity contribution in [2.24, 2.45) is 0 Å². The number of fused-ring (bicyclic) bond motifs is 1. The second-order valence-corrected chi connectivity index (χ2v) is 6.40. The van der Waals surface area contributed by atoms with Crippen LogP contribution in [0.4, 0.5) is 4.39 Å². The Morgan fingerprint density at radius 1 is 1.04 bits per heavy atom. The fourth-order valence-corrected chi connectivity index (χ4v) is 2.97. The number of ether oxygens (including phenoxy) is 2. The normalized spacial score (nSPS) is 13.9. The van der Waals surface area contributed by atoms with Crippen LogP contribution in [0.15, 0.2) is 72.5 Å². The first-order valence-electron chi connectivity index (χ1n) is 8.32. The predicted molar refractivity (Wildman–Crippen MR) is 102 cm³/mol. The number of allylic oxidation sites excluding steroid dienone is 1. The fourth-order valence-electron chi connectivity index (χ4n) is 2.75. The lowest BCUT2D eigenvalue weighted by Gasteiger charge is -2.05.